The van der Waals surface area contributed by atoms with E-state index < -0.39 is 10.2 Å². The Morgan fingerprint density at radius 1 is 1.14 bits per heavy atom. The van der Waals surface area contributed by atoms with Gasteiger partial charge in [0.15, 0.2) is 5.82 Å². The van der Waals surface area contributed by atoms with Crippen LogP contribution in [0.4, 0.5) is 11.5 Å². The number of benzene rings is 1. The minimum Gasteiger partial charge on any atom is -0.364 e. The maximum absolute atomic E-state index is 12.5. The highest BCUT2D eigenvalue weighted by Crippen LogP contribution is 2.46. The van der Waals surface area contributed by atoms with Crippen molar-refractivity contribution >= 4 is 33.5 Å². The zero-order valence-electron chi connectivity index (χ0n) is 16.2. The molecule has 9 nitrogen and oxygen atoms in total. The number of fused-ring (bicyclic) bond motifs is 2. The summed E-state index contributed by atoms with van der Waals surface area (Å²) in [5.41, 5.74) is 1.87. The highest BCUT2D eigenvalue weighted by molar-refractivity contribution is 7.99. The predicted molar refractivity (Wildman–Crippen MR) is 110 cm³/mol. The van der Waals surface area contributed by atoms with Crippen molar-refractivity contribution in [3.63, 3.8) is 0 Å². The van der Waals surface area contributed by atoms with Crippen molar-refractivity contribution in [1.29, 1.82) is 0 Å². The fourth-order valence-corrected chi connectivity index (χ4v) is 4.96. The lowest BCUT2D eigenvalue weighted by Gasteiger charge is -2.30. The second-order valence-electron chi connectivity index (χ2n) is 6.54. The van der Waals surface area contributed by atoms with Crippen molar-refractivity contribution < 1.29 is 13.2 Å². The Hall–Kier alpha value is -2.47. The maximum Gasteiger partial charge on any atom is 0.308 e. The normalized spacial score (nSPS) is 13.4. The fraction of sp³-hybridized carbons (Fsp3) is 0.278. The molecule has 0 atom stereocenters. The highest BCUT2D eigenvalue weighted by Gasteiger charge is 2.26. The molecule has 0 N–H and O–H groups in total. The Morgan fingerprint density at radius 2 is 1.93 bits per heavy atom. The second kappa shape index (κ2) is 7.75. The molecule has 0 radical (unpaired) electrons. The van der Waals surface area contributed by atoms with E-state index in [1.54, 1.807) is 31.3 Å². The molecule has 0 unspecified atom stereocenters. The first-order valence-corrected chi connectivity index (χ1v) is 11.0. The van der Waals surface area contributed by atoms with E-state index in [9.17, 15) is 8.42 Å². The number of anilines is 2. The zero-order chi connectivity index (χ0) is 20.6. The molecule has 0 fully saturated rings. The molecule has 29 heavy (non-hydrogen) atoms. The maximum atomic E-state index is 12.5. The summed E-state index contributed by atoms with van der Waals surface area (Å²) in [6.07, 6.45) is 6.64. The molecular weight excluding hydrogens is 412 g/mol. The monoisotopic (exact) mass is 432 g/mol. The molecule has 1 aliphatic heterocycles. The highest BCUT2D eigenvalue weighted by atomic mass is 32.2. The van der Waals surface area contributed by atoms with Crippen LogP contribution in [0, 0.1) is 0 Å². The van der Waals surface area contributed by atoms with Crippen molar-refractivity contribution in [3.05, 3.63) is 54.4 Å². The third-order valence-corrected chi connectivity index (χ3v) is 7.23. The van der Waals surface area contributed by atoms with Crippen LogP contribution in [0.1, 0.15) is 11.4 Å². The number of nitrogens with zero attached hydrogens (tertiary/aromatic N) is 6. The largest absolute Gasteiger partial charge is 0.364 e. The van der Waals surface area contributed by atoms with Crippen LogP contribution in [0.15, 0.2) is 52.9 Å². The first-order chi connectivity index (χ1) is 13.9. The molecule has 1 aliphatic rings. The van der Waals surface area contributed by atoms with Crippen molar-refractivity contribution in [2.45, 2.75) is 16.3 Å². The standard InChI is InChI=1S/C18H20N6O3S2/c1-22(2)29(25,26)24-9-8-19-16(24)11-13-4-5-15-14(10-13)23(12-27-3)17-18(28-15)21-7-6-20-17/h4-10H,11-12H2,1-3H3. The minimum absolute atomic E-state index is 0.326. The topological polar surface area (TPSA) is 93.5 Å². The van der Waals surface area contributed by atoms with E-state index in [1.165, 1.54) is 30.5 Å². The summed E-state index contributed by atoms with van der Waals surface area (Å²) in [4.78, 5) is 16.1. The molecule has 0 spiro atoms. The quantitative estimate of drug-likeness (QED) is 0.585. The van der Waals surface area contributed by atoms with Gasteiger partial charge in [0.25, 0.3) is 0 Å². The molecule has 2 aromatic heterocycles. The van der Waals surface area contributed by atoms with Crippen LogP contribution in [-0.4, -0.2) is 59.6 Å². The van der Waals surface area contributed by atoms with Crippen LogP contribution in [0.5, 0.6) is 0 Å². The van der Waals surface area contributed by atoms with Crippen LogP contribution in [0.25, 0.3) is 0 Å². The van der Waals surface area contributed by atoms with Gasteiger partial charge in [-0.05, 0) is 17.7 Å². The summed E-state index contributed by atoms with van der Waals surface area (Å²) in [7, 11) is 0.996. The Kier molecular flexibility index (Phi) is 5.30. The number of hydrogen-bond donors (Lipinski definition) is 0. The van der Waals surface area contributed by atoms with Gasteiger partial charge in [0.05, 0.1) is 5.69 Å². The van der Waals surface area contributed by atoms with Crippen molar-refractivity contribution in [3.8, 4) is 0 Å². The van der Waals surface area contributed by atoms with E-state index in [0.717, 1.165) is 31.3 Å². The lowest BCUT2D eigenvalue weighted by Crippen LogP contribution is -2.29. The summed E-state index contributed by atoms with van der Waals surface area (Å²) in [5, 5.41) is 0.817. The number of imidazole rings is 1. The molecular formula is C18H20N6O3S2. The molecule has 152 valence electrons. The number of hydrogen-bond acceptors (Lipinski definition) is 8. The summed E-state index contributed by atoms with van der Waals surface area (Å²) in [5.74, 6) is 1.18. The van der Waals surface area contributed by atoms with Gasteiger partial charge < -0.3 is 4.74 Å². The first-order valence-electron chi connectivity index (χ1n) is 8.75. The van der Waals surface area contributed by atoms with Crippen LogP contribution in [-0.2, 0) is 21.4 Å². The lowest BCUT2D eigenvalue weighted by atomic mass is 10.1. The van der Waals surface area contributed by atoms with E-state index in [-0.39, 0.29) is 0 Å². The van der Waals surface area contributed by atoms with Gasteiger partial charge in [-0.3, -0.25) is 4.90 Å². The molecule has 11 heteroatoms. The zero-order valence-corrected chi connectivity index (χ0v) is 17.8. The van der Waals surface area contributed by atoms with E-state index >= 15 is 0 Å². The third kappa shape index (κ3) is 3.62. The van der Waals surface area contributed by atoms with Gasteiger partial charge in [0, 0.05) is 57.3 Å². The fourth-order valence-electron chi connectivity index (χ4n) is 3.04. The number of aromatic nitrogens is 4. The Morgan fingerprint density at radius 3 is 2.69 bits per heavy atom. The molecule has 3 heterocycles. The summed E-state index contributed by atoms with van der Waals surface area (Å²) in [6, 6.07) is 5.99. The number of methoxy groups -OCH3 is 1. The smallest absolute Gasteiger partial charge is 0.308 e. The lowest BCUT2D eigenvalue weighted by molar-refractivity contribution is 0.204. The van der Waals surface area contributed by atoms with Crippen molar-refractivity contribution in [2.24, 2.45) is 0 Å². The van der Waals surface area contributed by atoms with Gasteiger partial charge in [-0.1, -0.05) is 17.8 Å². The molecule has 0 bridgehead atoms. The van der Waals surface area contributed by atoms with Gasteiger partial charge >= 0.3 is 10.2 Å². The first kappa shape index (κ1) is 19.8. The molecule has 3 aromatic rings. The van der Waals surface area contributed by atoms with Gasteiger partial charge in [-0.25, -0.2) is 18.9 Å². The van der Waals surface area contributed by atoms with Crippen molar-refractivity contribution in [1.82, 2.24) is 23.2 Å². The van der Waals surface area contributed by atoms with Crippen LogP contribution in [0.2, 0.25) is 0 Å². The van der Waals surface area contributed by atoms with Crippen LogP contribution < -0.4 is 4.90 Å². The summed E-state index contributed by atoms with van der Waals surface area (Å²) < 4.78 is 32.8. The third-order valence-electron chi connectivity index (χ3n) is 4.43. The molecule has 4 rings (SSSR count). The SMILES string of the molecule is COCN1c2cc(Cc3nccn3S(=O)(=O)N(C)C)ccc2Sc2nccnc21. The van der Waals surface area contributed by atoms with Gasteiger partial charge in [-0.15, -0.1) is 0 Å². The Balaban J connectivity index is 1.70. The van der Waals surface area contributed by atoms with Crippen LogP contribution >= 0.6 is 11.8 Å². The average molecular weight is 433 g/mol. The molecule has 0 amide bonds. The Bertz CT molecular complexity index is 1150. The minimum atomic E-state index is -3.63. The predicted octanol–water partition coefficient (Wildman–Crippen LogP) is 2.12. The summed E-state index contributed by atoms with van der Waals surface area (Å²) >= 11 is 1.55. The van der Waals surface area contributed by atoms with Gasteiger partial charge in [0.1, 0.15) is 17.6 Å². The van der Waals surface area contributed by atoms with Gasteiger partial charge in [-0.2, -0.15) is 12.7 Å². The summed E-state index contributed by atoms with van der Waals surface area (Å²) in [6.45, 7) is 0.326. The molecule has 0 saturated carbocycles. The van der Waals surface area contributed by atoms with Gasteiger partial charge in [0.2, 0.25) is 0 Å². The number of ether oxygens (including phenoxy) is 1. The second-order valence-corrected chi connectivity index (χ2v) is 9.59. The van der Waals surface area contributed by atoms with Crippen molar-refractivity contribution in [2.75, 3.05) is 32.8 Å². The van der Waals surface area contributed by atoms with Crippen LogP contribution in [0.3, 0.4) is 0 Å². The average Bonchev–Trinajstić information content (AvgIpc) is 3.17. The Labute approximate surface area is 173 Å². The van der Waals surface area contributed by atoms with E-state index in [1.807, 2.05) is 23.1 Å². The van der Waals surface area contributed by atoms with E-state index in [2.05, 4.69) is 15.0 Å². The van der Waals surface area contributed by atoms with E-state index in [0.29, 0.717) is 19.0 Å². The van der Waals surface area contributed by atoms with E-state index in [4.69, 9.17) is 4.74 Å². The molecule has 0 saturated heterocycles. The molecule has 0 aliphatic carbocycles. The molecule has 1 aromatic carbocycles. The number of rotatable bonds is 6.